The predicted octanol–water partition coefficient (Wildman–Crippen LogP) is 1.88. The van der Waals surface area contributed by atoms with Crippen molar-refractivity contribution < 1.29 is 12.9 Å². The van der Waals surface area contributed by atoms with E-state index in [0.717, 1.165) is 11.4 Å². The highest BCUT2D eigenvalue weighted by molar-refractivity contribution is 7.90. The molecule has 0 aliphatic rings. The zero-order valence-electron chi connectivity index (χ0n) is 11.7. The van der Waals surface area contributed by atoms with E-state index in [4.69, 9.17) is 16.1 Å². The lowest BCUT2D eigenvalue weighted by molar-refractivity contribution is 0.329. The third-order valence-electron chi connectivity index (χ3n) is 2.88. The first-order valence-electron chi connectivity index (χ1n) is 6.27. The molecule has 0 N–H and O–H groups in total. The van der Waals surface area contributed by atoms with Crippen LogP contribution in [0.3, 0.4) is 0 Å². The first-order chi connectivity index (χ1) is 10.4. The molecule has 3 rings (SSSR count). The second-order valence-electron chi connectivity index (χ2n) is 4.62. The minimum absolute atomic E-state index is 0.0835. The van der Waals surface area contributed by atoms with Crippen LogP contribution in [0, 0.1) is 13.8 Å². The summed E-state index contributed by atoms with van der Waals surface area (Å²) in [6.45, 7) is 3.60. The monoisotopic (exact) mass is 338 g/mol. The number of halogens is 1. The molecule has 0 unspecified atom stereocenters. The van der Waals surface area contributed by atoms with E-state index in [-0.39, 0.29) is 21.4 Å². The van der Waals surface area contributed by atoms with Gasteiger partial charge in [0.15, 0.2) is 0 Å². The summed E-state index contributed by atoms with van der Waals surface area (Å²) >= 11 is 5.89. The van der Waals surface area contributed by atoms with Crippen molar-refractivity contribution in [3.63, 3.8) is 0 Å². The molecule has 0 bridgehead atoms. The number of benzene rings is 1. The van der Waals surface area contributed by atoms with Gasteiger partial charge in [0.2, 0.25) is 0 Å². The van der Waals surface area contributed by atoms with Crippen molar-refractivity contribution in [2.75, 3.05) is 0 Å². The number of nitrogens with zero attached hydrogens (tertiary/aromatic N) is 4. The lowest BCUT2D eigenvalue weighted by Gasteiger charge is -1.98. The third kappa shape index (κ3) is 2.62. The molecule has 0 saturated heterocycles. The molecule has 0 saturated carbocycles. The van der Waals surface area contributed by atoms with Crippen LogP contribution in [0.25, 0.3) is 5.78 Å². The number of aryl methyl sites for hydroxylation is 2. The number of aromatic nitrogens is 3. The zero-order valence-corrected chi connectivity index (χ0v) is 13.3. The molecule has 0 aliphatic heterocycles. The molecule has 22 heavy (non-hydrogen) atoms. The normalized spacial score (nSPS) is 13.0. The first kappa shape index (κ1) is 14.7. The highest BCUT2D eigenvalue weighted by atomic mass is 35.5. The maximum absolute atomic E-state index is 12.3. The van der Waals surface area contributed by atoms with Crippen LogP contribution in [0.2, 0.25) is 5.02 Å². The van der Waals surface area contributed by atoms with E-state index >= 15 is 0 Å². The fourth-order valence-electron chi connectivity index (χ4n) is 1.97. The molecule has 3 aromatic rings. The standard InChI is InChI=1S/C13H11ClN4O3S/c1-8-7-9(2)18-12(15-8)16-13(21-18)17-22(19,20)11-6-4-3-5-10(11)14/h3-7H,1-2H3. The van der Waals surface area contributed by atoms with Crippen LogP contribution in [0.1, 0.15) is 11.4 Å². The van der Waals surface area contributed by atoms with Crippen molar-refractivity contribution in [2.45, 2.75) is 18.7 Å². The highest BCUT2D eigenvalue weighted by Gasteiger charge is 2.17. The lowest BCUT2D eigenvalue weighted by Crippen LogP contribution is -2.08. The quantitative estimate of drug-likeness (QED) is 0.711. The van der Waals surface area contributed by atoms with Crippen LogP contribution < -0.4 is 5.68 Å². The number of rotatable bonds is 2. The van der Waals surface area contributed by atoms with Crippen LogP contribution in [-0.2, 0) is 10.0 Å². The molecule has 2 aromatic heterocycles. The summed E-state index contributed by atoms with van der Waals surface area (Å²) in [7, 11) is -4.02. The van der Waals surface area contributed by atoms with Gasteiger partial charge < -0.3 is 4.52 Å². The summed E-state index contributed by atoms with van der Waals surface area (Å²) in [5, 5.41) is 0.0835. The Morgan fingerprint density at radius 3 is 2.68 bits per heavy atom. The Morgan fingerprint density at radius 2 is 1.95 bits per heavy atom. The maximum atomic E-state index is 12.3. The molecule has 1 aromatic carbocycles. The van der Waals surface area contributed by atoms with Crippen LogP contribution in [0.5, 0.6) is 0 Å². The molecule has 9 heteroatoms. The molecule has 0 radical (unpaired) electrons. The SMILES string of the molecule is Cc1cc(C)n2oc(=NS(=O)(=O)c3ccccc3Cl)nc2n1. The van der Waals surface area contributed by atoms with Gasteiger partial charge in [-0.15, -0.1) is 8.97 Å². The van der Waals surface area contributed by atoms with Gasteiger partial charge in [0.25, 0.3) is 15.8 Å². The van der Waals surface area contributed by atoms with Crippen LogP contribution in [0.4, 0.5) is 0 Å². The first-order valence-corrected chi connectivity index (χ1v) is 8.08. The summed E-state index contributed by atoms with van der Waals surface area (Å²) in [5.41, 5.74) is 1.17. The molecular formula is C13H11ClN4O3S. The number of hydrogen-bond donors (Lipinski definition) is 0. The molecule has 0 atom stereocenters. The molecule has 0 amide bonds. The third-order valence-corrected chi connectivity index (χ3v) is 4.63. The second kappa shape index (κ2) is 5.22. The fraction of sp³-hybridized carbons (Fsp3) is 0.154. The average Bonchev–Trinajstić information content (AvgIpc) is 2.80. The van der Waals surface area contributed by atoms with Crippen molar-refractivity contribution in [2.24, 2.45) is 4.40 Å². The van der Waals surface area contributed by atoms with E-state index in [9.17, 15) is 8.42 Å². The molecule has 0 spiro atoms. The van der Waals surface area contributed by atoms with E-state index in [1.165, 1.54) is 16.7 Å². The summed E-state index contributed by atoms with van der Waals surface area (Å²) in [6, 6.07) is 7.81. The van der Waals surface area contributed by atoms with Gasteiger partial charge in [-0.1, -0.05) is 23.7 Å². The van der Waals surface area contributed by atoms with Crippen molar-refractivity contribution in [3.8, 4) is 0 Å². The Bertz CT molecular complexity index is 1040. The Balaban J connectivity index is 2.20. The largest absolute Gasteiger partial charge is 0.358 e. The summed E-state index contributed by atoms with van der Waals surface area (Å²) in [6.07, 6.45) is 0. The molecule has 114 valence electrons. The summed E-state index contributed by atoms with van der Waals surface area (Å²) in [5.74, 6) is 0.241. The van der Waals surface area contributed by atoms with Crippen molar-refractivity contribution in [1.82, 2.24) is 14.5 Å². The smallest absolute Gasteiger partial charge is 0.329 e. The second-order valence-corrected chi connectivity index (χ2v) is 6.60. The van der Waals surface area contributed by atoms with Crippen LogP contribution in [0.15, 0.2) is 44.1 Å². The van der Waals surface area contributed by atoms with Gasteiger partial charge in [-0.25, -0.2) is 4.98 Å². The zero-order chi connectivity index (χ0) is 15.9. The van der Waals surface area contributed by atoms with Gasteiger partial charge in [0, 0.05) is 5.69 Å². The van der Waals surface area contributed by atoms with Crippen LogP contribution in [-0.4, -0.2) is 23.0 Å². The summed E-state index contributed by atoms with van der Waals surface area (Å²) < 4.78 is 34.7. The Kier molecular flexibility index (Phi) is 3.50. The highest BCUT2D eigenvalue weighted by Crippen LogP contribution is 2.21. The van der Waals surface area contributed by atoms with Crippen LogP contribution >= 0.6 is 11.6 Å². The maximum Gasteiger partial charge on any atom is 0.358 e. The van der Waals surface area contributed by atoms with E-state index in [2.05, 4.69) is 14.4 Å². The number of sulfonamides is 1. The van der Waals surface area contributed by atoms with Gasteiger partial charge in [-0.2, -0.15) is 13.4 Å². The minimum atomic E-state index is -4.02. The number of hydrogen-bond acceptors (Lipinski definition) is 5. The van der Waals surface area contributed by atoms with Crippen molar-refractivity contribution in [1.29, 1.82) is 0 Å². The van der Waals surface area contributed by atoms with E-state index in [0.29, 0.717) is 0 Å². The van der Waals surface area contributed by atoms with Gasteiger partial charge in [0.05, 0.1) is 10.7 Å². The fourth-order valence-corrected chi connectivity index (χ4v) is 3.34. The summed E-state index contributed by atoms with van der Waals surface area (Å²) in [4.78, 5) is 8.02. The van der Waals surface area contributed by atoms with Gasteiger partial charge in [0.1, 0.15) is 4.90 Å². The van der Waals surface area contributed by atoms with Crippen molar-refractivity contribution >= 4 is 27.4 Å². The topological polar surface area (TPSA) is 89.8 Å². The molecule has 7 nitrogen and oxygen atoms in total. The van der Waals surface area contributed by atoms with Gasteiger partial charge >= 0.3 is 5.68 Å². The van der Waals surface area contributed by atoms with E-state index < -0.39 is 10.0 Å². The molecule has 2 heterocycles. The predicted molar refractivity (Wildman–Crippen MR) is 78.9 cm³/mol. The van der Waals surface area contributed by atoms with Crippen molar-refractivity contribution in [3.05, 3.63) is 52.4 Å². The molecular weight excluding hydrogens is 328 g/mol. The lowest BCUT2D eigenvalue weighted by atomic mass is 10.4. The molecule has 0 fully saturated rings. The van der Waals surface area contributed by atoms with E-state index in [1.54, 1.807) is 32.0 Å². The Morgan fingerprint density at radius 1 is 1.23 bits per heavy atom. The molecule has 0 aliphatic carbocycles. The van der Waals surface area contributed by atoms with E-state index in [1.807, 2.05) is 0 Å². The van der Waals surface area contributed by atoms with Gasteiger partial charge in [-0.05, 0) is 32.0 Å². The Hall–Kier alpha value is -2.19. The minimum Gasteiger partial charge on any atom is -0.329 e. The van der Waals surface area contributed by atoms with Gasteiger partial charge in [-0.3, -0.25) is 0 Å². The Labute approximate surface area is 130 Å². The number of fused-ring (bicyclic) bond motifs is 1. The average molecular weight is 339 g/mol.